The molecule has 1 aromatic carbocycles. The van der Waals surface area contributed by atoms with Gasteiger partial charge in [-0.2, -0.15) is 0 Å². The second kappa shape index (κ2) is 7.53. The molecule has 0 saturated carbocycles. The number of pyridine rings is 1. The molecule has 0 aliphatic carbocycles. The highest BCUT2D eigenvalue weighted by molar-refractivity contribution is 7.22. The molecule has 1 amide bonds. The van der Waals surface area contributed by atoms with Crippen LogP contribution in [0.1, 0.15) is 5.56 Å². The number of hydrogen-bond donors (Lipinski definition) is 1. The molecule has 0 radical (unpaired) electrons. The Hall–Kier alpha value is -3.03. The van der Waals surface area contributed by atoms with Crippen LogP contribution in [0.25, 0.3) is 20.7 Å². The molecule has 0 fully saturated rings. The van der Waals surface area contributed by atoms with E-state index in [1.54, 1.807) is 12.1 Å². The van der Waals surface area contributed by atoms with Gasteiger partial charge in [0.05, 0.1) is 17.4 Å². The second-order valence-electron chi connectivity index (χ2n) is 6.17. The Bertz CT molecular complexity index is 1230. The number of thiophene rings is 1. The molecular formula is C20H15ClN4O2S. The van der Waals surface area contributed by atoms with Crippen molar-refractivity contribution in [1.29, 1.82) is 0 Å². The summed E-state index contributed by atoms with van der Waals surface area (Å²) < 4.78 is 1.30. The van der Waals surface area contributed by atoms with Gasteiger partial charge in [-0.15, -0.1) is 11.3 Å². The minimum atomic E-state index is -0.380. The van der Waals surface area contributed by atoms with Crippen LogP contribution in [-0.4, -0.2) is 20.4 Å². The lowest BCUT2D eigenvalue weighted by Gasteiger charge is -2.08. The van der Waals surface area contributed by atoms with Gasteiger partial charge in [-0.05, 0) is 30.2 Å². The molecule has 4 rings (SSSR count). The molecule has 6 nitrogen and oxygen atoms in total. The summed E-state index contributed by atoms with van der Waals surface area (Å²) in [6.45, 7) is 1.74. The number of aromatic nitrogens is 3. The number of nitrogens with zero attached hydrogens (tertiary/aromatic N) is 3. The van der Waals surface area contributed by atoms with Crippen LogP contribution in [-0.2, 0) is 11.3 Å². The van der Waals surface area contributed by atoms with E-state index in [1.165, 1.54) is 28.4 Å². The lowest BCUT2D eigenvalue weighted by Crippen LogP contribution is -2.28. The SMILES string of the molecule is Cc1c(-c2ccccc2)sc2ncn(CC(=O)Nc3cccnc3Cl)c(=O)c12. The van der Waals surface area contributed by atoms with Crippen molar-refractivity contribution in [2.45, 2.75) is 13.5 Å². The third-order valence-corrected chi connectivity index (χ3v) is 5.85. The van der Waals surface area contributed by atoms with Crippen LogP contribution in [0.4, 0.5) is 5.69 Å². The van der Waals surface area contributed by atoms with E-state index in [9.17, 15) is 9.59 Å². The average Bonchev–Trinajstić information content (AvgIpc) is 3.04. The second-order valence-corrected chi connectivity index (χ2v) is 7.53. The van der Waals surface area contributed by atoms with E-state index in [0.29, 0.717) is 15.9 Å². The molecule has 0 aliphatic heterocycles. The maximum absolute atomic E-state index is 13.0. The van der Waals surface area contributed by atoms with Crippen molar-refractivity contribution in [3.63, 3.8) is 0 Å². The summed E-state index contributed by atoms with van der Waals surface area (Å²) in [5.74, 6) is -0.380. The van der Waals surface area contributed by atoms with Gasteiger partial charge in [0, 0.05) is 11.1 Å². The normalized spacial score (nSPS) is 10.9. The van der Waals surface area contributed by atoms with Crippen LogP contribution in [0.2, 0.25) is 5.15 Å². The zero-order chi connectivity index (χ0) is 19.7. The van der Waals surface area contributed by atoms with Gasteiger partial charge in [-0.3, -0.25) is 14.2 Å². The predicted octanol–water partition coefficient (Wildman–Crippen LogP) is 4.12. The summed E-state index contributed by atoms with van der Waals surface area (Å²) in [5.41, 5.74) is 2.06. The Morgan fingerprint density at radius 3 is 2.71 bits per heavy atom. The van der Waals surface area contributed by atoms with Crippen LogP contribution in [0.3, 0.4) is 0 Å². The number of hydrogen-bond acceptors (Lipinski definition) is 5. The Morgan fingerprint density at radius 1 is 1.18 bits per heavy atom. The minimum Gasteiger partial charge on any atom is -0.322 e. The number of benzene rings is 1. The Kier molecular flexibility index (Phi) is 4.93. The van der Waals surface area contributed by atoms with Crippen LogP contribution < -0.4 is 10.9 Å². The highest BCUT2D eigenvalue weighted by Crippen LogP contribution is 2.35. The Balaban J connectivity index is 1.67. The van der Waals surface area contributed by atoms with Crippen molar-refractivity contribution in [2.24, 2.45) is 0 Å². The summed E-state index contributed by atoms with van der Waals surface area (Å²) >= 11 is 7.43. The summed E-state index contributed by atoms with van der Waals surface area (Å²) in [7, 11) is 0. The number of anilines is 1. The molecule has 0 unspecified atom stereocenters. The summed E-state index contributed by atoms with van der Waals surface area (Å²) in [5, 5.41) is 3.39. The number of aryl methyl sites for hydroxylation is 1. The van der Waals surface area contributed by atoms with E-state index in [-0.39, 0.29) is 23.2 Å². The van der Waals surface area contributed by atoms with Crippen molar-refractivity contribution in [1.82, 2.24) is 14.5 Å². The lowest BCUT2D eigenvalue weighted by atomic mass is 10.1. The molecule has 3 aromatic heterocycles. The fourth-order valence-corrected chi connectivity index (χ4v) is 4.27. The van der Waals surface area contributed by atoms with Gasteiger partial charge >= 0.3 is 0 Å². The van der Waals surface area contributed by atoms with Gasteiger partial charge < -0.3 is 5.32 Å². The molecule has 0 aliphatic rings. The highest BCUT2D eigenvalue weighted by atomic mass is 35.5. The topological polar surface area (TPSA) is 76.9 Å². The van der Waals surface area contributed by atoms with Crippen LogP contribution >= 0.6 is 22.9 Å². The van der Waals surface area contributed by atoms with E-state index in [0.717, 1.165) is 16.0 Å². The van der Waals surface area contributed by atoms with Gasteiger partial charge in [-0.1, -0.05) is 41.9 Å². The molecule has 0 saturated heterocycles. The summed E-state index contributed by atoms with van der Waals surface area (Å²) in [6.07, 6.45) is 2.93. The third kappa shape index (κ3) is 3.42. The predicted molar refractivity (Wildman–Crippen MR) is 112 cm³/mol. The van der Waals surface area contributed by atoms with Crippen molar-refractivity contribution < 1.29 is 4.79 Å². The summed E-state index contributed by atoms with van der Waals surface area (Å²) in [4.78, 5) is 35.3. The number of fused-ring (bicyclic) bond motifs is 1. The zero-order valence-electron chi connectivity index (χ0n) is 14.8. The van der Waals surface area contributed by atoms with Crippen molar-refractivity contribution in [3.8, 4) is 10.4 Å². The fourth-order valence-electron chi connectivity index (χ4n) is 2.96. The maximum atomic E-state index is 13.0. The van der Waals surface area contributed by atoms with Crippen molar-refractivity contribution >= 4 is 44.7 Å². The Labute approximate surface area is 169 Å². The molecule has 0 bridgehead atoms. The first-order valence-electron chi connectivity index (χ1n) is 8.49. The van der Waals surface area contributed by atoms with Gasteiger partial charge in [0.2, 0.25) is 5.91 Å². The van der Waals surface area contributed by atoms with Gasteiger partial charge in [0.25, 0.3) is 5.56 Å². The first kappa shape index (κ1) is 18.3. The molecule has 8 heteroatoms. The number of carbonyl (C=O) groups is 1. The van der Waals surface area contributed by atoms with Crippen molar-refractivity contribution in [2.75, 3.05) is 5.32 Å². The van der Waals surface area contributed by atoms with E-state index >= 15 is 0 Å². The van der Waals surface area contributed by atoms with E-state index in [1.807, 2.05) is 37.3 Å². The zero-order valence-corrected chi connectivity index (χ0v) is 16.4. The highest BCUT2D eigenvalue weighted by Gasteiger charge is 2.17. The monoisotopic (exact) mass is 410 g/mol. The number of amides is 1. The molecule has 4 aromatic rings. The molecule has 1 N–H and O–H groups in total. The van der Waals surface area contributed by atoms with Gasteiger partial charge in [-0.25, -0.2) is 9.97 Å². The molecule has 0 spiro atoms. The van der Waals surface area contributed by atoms with E-state index < -0.39 is 0 Å². The van der Waals surface area contributed by atoms with E-state index in [2.05, 4.69) is 15.3 Å². The van der Waals surface area contributed by atoms with Crippen LogP contribution in [0.5, 0.6) is 0 Å². The molecule has 140 valence electrons. The molecule has 0 atom stereocenters. The number of rotatable bonds is 4. The largest absolute Gasteiger partial charge is 0.322 e. The van der Waals surface area contributed by atoms with E-state index in [4.69, 9.17) is 11.6 Å². The molecule has 3 heterocycles. The molecule has 28 heavy (non-hydrogen) atoms. The van der Waals surface area contributed by atoms with Crippen molar-refractivity contribution in [3.05, 3.63) is 76.1 Å². The average molecular weight is 411 g/mol. The Morgan fingerprint density at radius 2 is 1.96 bits per heavy atom. The van der Waals surface area contributed by atoms with Gasteiger partial charge in [0.15, 0.2) is 5.15 Å². The minimum absolute atomic E-state index is 0.164. The number of halogens is 1. The first-order valence-corrected chi connectivity index (χ1v) is 9.68. The van der Waals surface area contributed by atoms with Crippen LogP contribution in [0, 0.1) is 6.92 Å². The summed E-state index contributed by atoms with van der Waals surface area (Å²) in [6, 6.07) is 13.2. The number of nitrogens with one attached hydrogen (secondary N) is 1. The lowest BCUT2D eigenvalue weighted by molar-refractivity contribution is -0.116. The third-order valence-electron chi connectivity index (χ3n) is 4.30. The number of carbonyl (C=O) groups excluding carboxylic acids is 1. The van der Waals surface area contributed by atoms with Crippen LogP contribution in [0.15, 0.2) is 59.8 Å². The maximum Gasteiger partial charge on any atom is 0.262 e. The smallest absolute Gasteiger partial charge is 0.262 e. The van der Waals surface area contributed by atoms with Gasteiger partial charge in [0.1, 0.15) is 11.4 Å². The molecular weight excluding hydrogens is 396 g/mol. The quantitative estimate of drug-likeness (QED) is 0.513. The standard InChI is InChI=1S/C20H15ClN4O2S/c1-12-16-19(28-17(12)13-6-3-2-4-7-13)23-11-25(20(16)27)10-15(26)24-14-8-5-9-22-18(14)21/h2-9,11H,10H2,1H3,(H,24,26). The first-order chi connectivity index (χ1) is 13.5. The fraction of sp³-hybridized carbons (Fsp3) is 0.100.